The van der Waals surface area contributed by atoms with Gasteiger partial charge in [0.05, 0.1) is 25.4 Å². The van der Waals surface area contributed by atoms with E-state index >= 15 is 0 Å². The van der Waals surface area contributed by atoms with Crippen LogP contribution in [0, 0.1) is 5.92 Å². The van der Waals surface area contributed by atoms with Gasteiger partial charge in [0.1, 0.15) is 5.82 Å². The Hall–Kier alpha value is -2.46. The van der Waals surface area contributed by atoms with E-state index in [1.54, 1.807) is 7.11 Å². The zero-order valence-corrected chi connectivity index (χ0v) is 23.0. The molecule has 0 radical (unpaired) electrons. The second kappa shape index (κ2) is 11.7. The normalized spacial score (nSPS) is 21.1. The lowest BCUT2D eigenvalue weighted by Crippen LogP contribution is -2.45. The van der Waals surface area contributed by atoms with Gasteiger partial charge in [-0.05, 0) is 71.3 Å². The lowest BCUT2D eigenvalue weighted by Gasteiger charge is -2.39. The van der Waals surface area contributed by atoms with Gasteiger partial charge in [0.15, 0.2) is 11.5 Å². The molecular formula is C28H42F2N6O2. The van der Waals surface area contributed by atoms with E-state index < -0.39 is 5.92 Å². The molecule has 1 aliphatic carbocycles. The minimum atomic E-state index is -2.63. The summed E-state index contributed by atoms with van der Waals surface area (Å²) in [6.45, 7) is 4.43. The highest BCUT2D eigenvalue weighted by molar-refractivity contribution is 5.93. The number of hydrogen-bond acceptors (Lipinski definition) is 8. The van der Waals surface area contributed by atoms with Crippen molar-refractivity contribution in [1.82, 2.24) is 19.8 Å². The molecule has 3 fully saturated rings. The number of fused-ring (bicyclic) bond motifs is 1. The van der Waals surface area contributed by atoms with Crippen LogP contribution in [0.3, 0.4) is 0 Å². The first-order valence-corrected chi connectivity index (χ1v) is 14.1. The molecule has 2 saturated heterocycles. The molecule has 1 aromatic heterocycles. The van der Waals surface area contributed by atoms with E-state index in [2.05, 4.69) is 29.2 Å². The Bertz CT molecular complexity index is 1080. The third-order valence-corrected chi connectivity index (χ3v) is 8.26. The number of halogens is 2. The zero-order valence-electron chi connectivity index (χ0n) is 23.0. The second-order valence-electron chi connectivity index (χ2n) is 11.2. The Balaban J connectivity index is 1.43. The van der Waals surface area contributed by atoms with Crippen molar-refractivity contribution < 1.29 is 18.3 Å². The van der Waals surface area contributed by atoms with Gasteiger partial charge in [0.2, 0.25) is 5.95 Å². The van der Waals surface area contributed by atoms with E-state index in [0.29, 0.717) is 35.8 Å². The number of nitrogens with one attached hydrogen (secondary N) is 1. The lowest BCUT2D eigenvalue weighted by atomic mass is 9.82. The quantitative estimate of drug-likeness (QED) is 0.326. The smallest absolute Gasteiger partial charge is 0.251 e. The maximum atomic E-state index is 13.9. The van der Waals surface area contributed by atoms with Gasteiger partial charge >= 0.3 is 0 Å². The van der Waals surface area contributed by atoms with E-state index in [9.17, 15) is 8.78 Å². The van der Waals surface area contributed by atoms with Crippen LogP contribution in [0.2, 0.25) is 0 Å². The fourth-order valence-electron chi connectivity index (χ4n) is 5.72. The van der Waals surface area contributed by atoms with Gasteiger partial charge in [-0.2, -0.15) is 4.98 Å². The van der Waals surface area contributed by atoms with Gasteiger partial charge in [-0.1, -0.05) is 6.42 Å². The summed E-state index contributed by atoms with van der Waals surface area (Å²) in [4.78, 5) is 16.3. The molecule has 1 saturated carbocycles. The van der Waals surface area contributed by atoms with Crippen molar-refractivity contribution in [2.24, 2.45) is 5.92 Å². The number of aromatic nitrogens is 2. The van der Waals surface area contributed by atoms with Gasteiger partial charge in [-0.25, -0.2) is 13.8 Å². The van der Waals surface area contributed by atoms with E-state index in [-0.39, 0.29) is 32.1 Å². The number of nitrogens with zero attached hydrogens (tertiary/aromatic N) is 5. The van der Waals surface area contributed by atoms with E-state index in [4.69, 9.17) is 19.4 Å². The largest absolute Gasteiger partial charge is 0.493 e. The van der Waals surface area contributed by atoms with E-state index in [0.717, 1.165) is 23.9 Å². The zero-order chi connectivity index (χ0) is 26.7. The number of ether oxygens (including phenoxy) is 2. The molecular weight excluding hydrogens is 490 g/mol. The Labute approximate surface area is 224 Å². The SMILES string of the molecule is COc1cc2c(N[C@H](C3CCC3)N(C)C)nc(N3CCC(F)(F)CC3)nc2cc1OCCCN1CCCC1. The molecule has 38 heavy (non-hydrogen) atoms. The van der Waals surface area contributed by atoms with Gasteiger partial charge < -0.3 is 24.6 Å². The highest BCUT2D eigenvalue weighted by Gasteiger charge is 2.35. The number of rotatable bonds is 11. The molecule has 8 nitrogen and oxygen atoms in total. The molecule has 3 heterocycles. The molecule has 210 valence electrons. The van der Waals surface area contributed by atoms with Gasteiger partial charge in [0.25, 0.3) is 5.92 Å². The molecule has 1 N–H and O–H groups in total. The topological polar surface area (TPSA) is 66.0 Å². The van der Waals surface area contributed by atoms with Crippen LogP contribution >= 0.6 is 0 Å². The molecule has 1 aromatic carbocycles. The van der Waals surface area contributed by atoms with Crippen molar-refractivity contribution in [2.75, 3.05) is 70.8 Å². The van der Waals surface area contributed by atoms with Crippen LogP contribution in [0.5, 0.6) is 11.5 Å². The third-order valence-electron chi connectivity index (χ3n) is 8.26. The average molecular weight is 533 g/mol. The van der Waals surface area contributed by atoms with E-state index in [1.165, 1.54) is 45.2 Å². The van der Waals surface area contributed by atoms with Gasteiger partial charge in [-0.15, -0.1) is 0 Å². The summed E-state index contributed by atoms with van der Waals surface area (Å²) in [6.07, 6.45) is 6.83. The highest BCUT2D eigenvalue weighted by Crippen LogP contribution is 2.38. The fraction of sp³-hybridized carbons (Fsp3) is 0.714. The van der Waals surface area contributed by atoms with Crippen molar-refractivity contribution in [1.29, 1.82) is 0 Å². The maximum Gasteiger partial charge on any atom is 0.251 e. The maximum absolute atomic E-state index is 13.9. The first kappa shape index (κ1) is 27.1. The number of anilines is 2. The summed E-state index contributed by atoms with van der Waals surface area (Å²) < 4.78 is 39.7. The molecule has 2 aliphatic heterocycles. The molecule has 2 aromatic rings. The standard InChI is InChI=1S/C28H42F2N6O2/c1-34(2)26(20-8-6-9-20)32-25-21-18-23(37-3)24(38-17-7-14-35-12-4-5-13-35)19-22(21)31-27(33-25)36-15-10-28(29,30)11-16-36/h18-20,26H,4-17H2,1-3H3,(H,31,32,33)/t26-/m0/s1. The van der Waals surface area contributed by atoms with Crippen LogP contribution < -0.4 is 19.7 Å². The van der Waals surface area contributed by atoms with Gasteiger partial charge in [-0.3, -0.25) is 4.90 Å². The predicted octanol–water partition coefficient (Wildman–Crippen LogP) is 4.84. The average Bonchev–Trinajstić information content (AvgIpc) is 3.38. The predicted molar refractivity (Wildman–Crippen MR) is 147 cm³/mol. The number of likely N-dealkylation sites (tertiary alicyclic amines) is 1. The summed E-state index contributed by atoms with van der Waals surface area (Å²) in [5.41, 5.74) is 0.719. The van der Waals surface area contributed by atoms with Crippen molar-refractivity contribution in [3.8, 4) is 11.5 Å². The molecule has 1 atom stereocenters. The monoisotopic (exact) mass is 532 g/mol. The second-order valence-corrected chi connectivity index (χ2v) is 11.2. The van der Waals surface area contributed by atoms with Gasteiger partial charge in [0, 0.05) is 43.9 Å². The van der Waals surface area contributed by atoms with Crippen LogP contribution in [-0.4, -0.2) is 92.4 Å². The Morgan fingerprint density at radius 2 is 1.79 bits per heavy atom. The number of alkyl halides is 2. The Morgan fingerprint density at radius 3 is 2.42 bits per heavy atom. The Kier molecular flexibility index (Phi) is 8.38. The van der Waals surface area contributed by atoms with E-state index in [1.807, 2.05) is 17.0 Å². The van der Waals surface area contributed by atoms with Crippen molar-refractivity contribution in [2.45, 2.75) is 63.5 Å². The van der Waals surface area contributed by atoms with Crippen molar-refractivity contribution >= 4 is 22.7 Å². The van der Waals surface area contributed by atoms with Crippen LogP contribution in [0.25, 0.3) is 10.9 Å². The van der Waals surface area contributed by atoms with Crippen molar-refractivity contribution in [3.63, 3.8) is 0 Å². The first-order valence-electron chi connectivity index (χ1n) is 14.1. The Morgan fingerprint density at radius 1 is 1.05 bits per heavy atom. The third kappa shape index (κ3) is 6.22. The summed E-state index contributed by atoms with van der Waals surface area (Å²) >= 11 is 0. The van der Waals surface area contributed by atoms with Crippen LogP contribution in [0.4, 0.5) is 20.5 Å². The summed E-state index contributed by atoms with van der Waals surface area (Å²) in [5, 5.41) is 4.51. The lowest BCUT2D eigenvalue weighted by molar-refractivity contribution is -0.0222. The molecule has 3 aliphatic rings. The molecule has 0 amide bonds. The highest BCUT2D eigenvalue weighted by atomic mass is 19.3. The number of benzene rings is 1. The number of methoxy groups -OCH3 is 1. The van der Waals surface area contributed by atoms with Crippen molar-refractivity contribution in [3.05, 3.63) is 12.1 Å². The minimum absolute atomic E-state index is 0.118. The molecule has 0 unspecified atom stereocenters. The summed E-state index contributed by atoms with van der Waals surface area (Å²) in [7, 11) is 5.79. The molecule has 5 rings (SSSR count). The molecule has 0 bridgehead atoms. The first-order chi connectivity index (χ1) is 18.3. The minimum Gasteiger partial charge on any atom is -0.493 e. The van der Waals surface area contributed by atoms with Crippen LogP contribution in [-0.2, 0) is 0 Å². The van der Waals surface area contributed by atoms with Crippen LogP contribution in [0.15, 0.2) is 12.1 Å². The number of piperidine rings is 1. The fourth-order valence-corrected chi connectivity index (χ4v) is 5.72. The molecule has 10 heteroatoms. The summed E-state index contributed by atoms with van der Waals surface area (Å²) in [6, 6.07) is 3.85. The number of hydrogen-bond donors (Lipinski definition) is 1. The molecule has 0 spiro atoms. The summed E-state index contributed by atoms with van der Waals surface area (Å²) in [5.74, 6) is 0.370. The van der Waals surface area contributed by atoms with Crippen LogP contribution in [0.1, 0.15) is 51.4 Å².